The van der Waals surface area contributed by atoms with Gasteiger partial charge in [0, 0.05) is 28.6 Å². The number of hydrogen-bond acceptors (Lipinski definition) is 1. The van der Waals surface area contributed by atoms with E-state index < -0.39 is 0 Å². The van der Waals surface area contributed by atoms with Crippen LogP contribution in [0.5, 0.6) is 0 Å². The van der Waals surface area contributed by atoms with E-state index in [-0.39, 0.29) is 5.78 Å². The molecular formula is C17H13Cl2NO. The third-order valence-electron chi connectivity index (χ3n) is 3.52. The smallest absolute Gasteiger partial charge is 0.169 e. The van der Waals surface area contributed by atoms with Crippen LogP contribution in [0.2, 0.25) is 10.0 Å². The summed E-state index contributed by atoms with van der Waals surface area (Å²) in [5.41, 5.74) is 3.48. The highest BCUT2D eigenvalue weighted by atomic mass is 35.5. The Hall–Kier alpha value is -1.77. The van der Waals surface area contributed by atoms with E-state index in [1.54, 1.807) is 12.1 Å². The molecule has 1 heterocycles. The molecule has 106 valence electrons. The second-order valence-electron chi connectivity index (χ2n) is 5.02. The Morgan fingerprint density at radius 3 is 2.62 bits per heavy atom. The quantitative estimate of drug-likeness (QED) is 0.661. The van der Waals surface area contributed by atoms with Crippen molar-refractivity contribution in [3.63, 3.8) is 0 Å². The van der Waals surface area contributed by atoms with Gasteiger partial charge in [-0.15, -0.1) is 0 Å². The van der Waals surface area contributed by atoms with Crippen molar-refractivity contribution >= 4 is 39.9 Å². The summed E-state index contributed by atoms with van der Waals surface area (Å²) in [6.45, 7) is 1.92. The molecule has 0 saturated carbocycles. The van der Waals surface area contributed by atoms with Gasteiger partial charge in [-0.1, -0.05) is 47.5 Å². The standard InChI is InChI=1S/C17H13Cl2NO/c1-10-17(12-4-2-3-5-15(12)20-10)16(21)9-11-6-7-13(18)14(19)8-11/h2-8,20H,9H2,1H3. The van der Waals surface area contributed by atoms with Gasteiger partial charge in [-0.3, -0.25) is 4.79 Å². The summed E-state index contributed by atoms with van der Waals surface area (Å²) in [6, 6.07) is 13.1. The minimum absolute atomic E-state index is 0.0725. The van der Waals surface area contributed by atoms with Crippen molar-refractivity contribution in [2.45, 2.75) is 13.3 Å². The number of aromatic nitrogens is 1. The van der Waals surface area contributed by atoms with Crippen LogP contribution in [-0.2, 0) is 6.42 Å². The average molecular weight is 318 g/mol. The average Bonchev–Trinajstić information content (AvgIpc) is 2.78. The number of hydrogen-bond donors (Lipinski definition) is 1. The molecule has 3 aromatic rings. The van der Waals surface area contributed by atoms with Crippen LogP contribution >= 0.6 is 23.2 Å². The molecule has 0 bridgehead atoms. The Bertz CT molecular complexity index is 836. The van der Waals surface area contributed by atoms with E-state index in [1.165, 1.54) is 0 Å². The van der Waals surface area contributed by atoms with Crippen LogP contribution in [0.25, 0.3) is 10.9 Å². The SMILES string of the molecule is Cc1[nH]c2ccccc2c1C(=O)Cc1ccc(Cl)c(Cl)c1. The van der Waals surface area contributed by atoms with Crippen molar-refractivity contribution < 1.29 is 4.79 Å². The van der Waals surface area contributed by atoms with Gasteiger partial charge in [-0.2, -0.15) is 0 Å². The molecule has 21 heavy (non-hydrogen) atoms. The minimum atomic E-state index is 0.0725. The van der Waals surface area contributed by atoms with Gasteiger partial charge in [0.05, 0.1) is 10.0 Å². The molecule has 0 unspecified atom stereocenters. The summed E-state index contributed by atoms with van der Waals surface area (Å²) >= 11 is 11.9. The van der Waals surface area contributed by atoms with E-state index in [9.17, 15) is 4.79 Å². The molecule has 0 radical (unpaired) electrons. The predicted octanol–water partition coefficient (Wildman–Crippen LogP) is 5.21. The Morgan fingerprint density at radius 1 is 1.10 bits per heavy atom. The first-order valence-electron chi connectivity index (χ1n) is 6.60. The zero-order chi connectivity index (χ0) is 15.0. The fraction of sp³-hybridized carbons (Fsp3) is 0.118. The first kappa shape index (κ1) is 14.2. The van der Waals surface area contributed by atoms with Crippen LogP contribution in [0.4, 0.5) is 0 Å². The van der Waals surface area contributed by atoms with Crippen molar-refractivity contribution in [1.82, 2.24) is 4.98 Å². The van der Waals surface area contributed by atoms with E-state index in [4.69, 9.17) is 23.2 Å². The summed E-state index contributed by atoms with van der Waals surface area (Å²) in [5.74, 6) is 0.0725. The molecule has 2 aromatic carbocycles. The topological polar surface area (TPSA) is 32.9 Å². The first-order valence-corrected chi connectivity index (χ1v) is 7.36. The van der Waals surface area contributed by atoms with Crippen molar-refractivity contribution in [1.29, 1.82) is 0 Å². The van der Waals surface area contributed by atoms with E-state index >= 15 is 0 Å². The van der Waals surface area contributed by atoms with Crippen LogP contribution in [0.15, 0.2) is 42.5 Å². The highest BCUT2D eigenvalue weighted by Gasteiger charge is 2.16. The summed E-state index contributed by atoms with van der Waals surface area (Å²) < 4.78 is 0. The Kier molecular flexibility index (Phi) is 3.75. The lowest BCUT2D eigenvalue weighted by molar-refractivity contribution is 0.0994. The first-order chi connectivity index (χ1) is 10.1. The highest BCUT2D eigenvalue weighted by molar-refractivity contribution is 6.42. The number of rotatable bonds is 3. The molecule has 0 aliphatic carbocycles. The summed E-state index contributed by atoms with van der Waals surface area (Å²) in [5, 5.41) is 1.92. The molecule has 3 rings (SSSR count). The minimum Gasteiger partial charge on any atom is -0.358 e. The van der Waals surface area contributed by atoms with Gasteiger partial charge in [0.15, 0.2) is 5.78 Å². The highest BCUT2D eigenvalue weighted by Crippen LogP contribution is 2.26. The van der Waals surface area contributed by atoms with E-state index in [0.717, 1.165) is 27.7 Å². The Balaban J connectivity index is 1.97. The number of aryl methyl sites for hydroxylation is 1. The maximum atomic E-state index is 12.6. The zero-order valence-electron chi connectivity index (χ0n) is 11.4. The largest absolute Gasteiger partial charge is 0.358 e. The number of nitrogens with one attached hydrogen (secondary N) is 1. The van der Waals surface area contributed by atoms with Crippen molar-refractivity contribution in [3.8, 4) is 0 Å². The van der Waals surface area contributed by atoms with Crippen LogP contribution in [0.1, 0.15) is 21.6 Å². The van der Waals surface area contributed by atoms with Crippen LogP contribution in [0.3, 0.4) is 0 Å². The molecule has 1 N–H and O–H groups in total. The summed E-state index contributed by atoms with van der Waals surface area (Å²) in [6.07, 6.45) is 0.305. The van der Waals surface area contributed by atoms with Crippen molar-refractivity contribution in [2.75, 3.05) is 0 Å². The van der Waals surface area contributed by atoms with Gasteiger partial charge < -0.3 is 4.98 Å². The molecule has 0 amide bonds. The van der Waals surface area contributed by atoms with E-state index in [0.29, 0.717) is 16.5 Å². The number of aromatic amines is 1. The molecule has 1 aromatic heterocycles. The fourth-order valence-electron chi connectivity index (χ4n) is 2.56. The van der Waals surface area contributed by atoms with Crippen molar-refractivity contribution in [2.24, 2.45) is 0 Å². The van der Waals surface area contributed by atoms with Gasteiger partial charge in [0.2, 0.25) is 0 Å². The lowest BCUT2D eigenvalue weighted by Gasteiger charge is -2.04. The van der Waals surface area contributed by atoms with Gasteiger partial charge in [-0.25, -0.2) is 0 Å². The number of benzene rings is 2. The van der Waals surface area contributed by atoms with Gasteiger partial charge in [-0.05, 0) is 30.7 Å². The second-order valence-corrected chi connectivity index (χ2v) is 5.83. The number of para-hydroxylation sites is 1. The van der Waals surface area contributed by atoms with Crippen molar-refractivity contribution in [3.05, 3.63) is 69.3 Å². The monoisotopic (exact) mass is 317 g/mol. The van der Waals surface area contributed by atoms with Gasteiger partial charge in [0.25, 0.3) is 0 Å². The molecule has 0 saturated heterocycles. The number of H-pyrrole nitrogens is 1. The molecule has 0 spiro atoms. The molecular weight excluding hydrogens is 305 g/mol. The number of carbonyl (C=O) groups excluding carboxylic acids is 1. The van der Waals surface area contributed by atoms with E-state index in [2.05, 4.69) is 4.98 Å². The number of carbonyl (C=O) groups is 1. The van der Waals surface area contributed by atoms with Gasteiger partial charge >= 0.3 is 0 Å². The lowest BCUT2D eigenvalue weighted by atomic mass is 10.0. The molecule has 4 heteroatoms. The Labute approximate surface area is 132 Å². The van der Waals surface area contributed by atoms with E-state index in [1.807, 2.05) is 37.3 Å². The summed E-state index contributed by atoms with van der Waals surface area (Å²) in [7, 11) is 0. The number of Topliss-reactive ketones (excluding diaryl/α,β-unsaturated/α-hetero) is 1. The Morgan fingerprint density at radius 2 is 1.86 bits per heavy atom. The second kappa shape index (κ2) is 5.55. The number of ketones is 1. The zero-order valence-corrected chi connectivity index (χ0v) is 12.9. The lowest BCUT2D eigenvalue weighted by Crippen LogP contribution is -2.04. The van der Waals surface area contributed by atoms with Crippen LogP contribution < -0.4 is 0 Å². The molecule has 2 nitrogen and oxygen atoms in total. The summed E-state index contributed by atoms with van der Waals surface area (Å²) in [4.78, 5) is 15.9. The third-order valence-corrected chi connectivity index (χ3v) is 4.26. The predicted molar refractivity (Wildman–Crippen MR) is 87.5 cm³/mol. The molecule has 0 aliphatic rings. The maximum absolute atomic E-state index is 12.6. The van der Waals surface area contributed by atoms with Crippen LogP contribution in [-0.4, -0.2) is 10.8 Å². The normalized spacial score (nSPS) is 11.0. The molecule has 0 aliphatic heterocycles. The molecule has 0 fully saturated rings. The van der Waals surface area contributed by atoms with Crippen LogP contribution in [0, 0.1) is 6.92 Å². The number of halogens is 2. The van der Waals surface area contributed by atoms with Gasteiger partial charge in [0.1, 0.15) is 0 Å². The fourth-order valence-corrected chi connectivity index (χ4v) is 2.88. The molecule has 0 atom stereocenters. The maximum Gasteiger partial charge on any atom is 0.169 e. The number of fused-ring (bicyclic) bond motifs is 1. The third kappa shape index (κ3) is 2.69.